The van der Waals surface area contributed by atoms with Crippen molar-refractivity contribution in [1.82, 2.24) is 10.3 Å². The molecule has 0 atom stereocenters. The number of hydrogen-bond acceptors (Lipinski definition) is 4. The van der Waals surface area contributed by atoms with Crippen molar-refractivity contribution in [2.75, 3.05) is 19.0 Å². The number of hydrogen-bond donors (Lipinski definition) is 2. The third-order valence-electron chi connectivity index (χ3n) is 2.93. The first-order valence-corrected chi connectivity index (χ1v) is 6.81. The first kappa shape index (κ1) is 15.0. The number of benzene rings is 1. The van der Waals surface area contributed by atoms with Crippen LogP contribution in [0.15, 0.2) is 48.8 Å². The highest BCUT2D eigenvalue weighted by Gasteiger charge is 2.03. The molecule has 21 heavy (non-hydrogen) atoms. The summed E-state index contributed by atoms with van der Waals surface area (Å²) in [5.74, 6) is 0.699. The number of nitrogens with one attached hydrogen (secondary N) is 2. The lowest BCUT2D eigenvalue weighted by Crippen LogP contribution is -2.21. The molecule has 0 bridgehead atoms. The SMILES string of the molecule is COc1cccc(NC(=O)CCNCc2cccnc2)c1. The van der Waals surface area contributed by atoms with E-state index in [1.807, 2.05) is 36.5 Å². The highest BCUT2D eigenvalue weighted by Crippen LogP contribution is 2.16. The molecule has 5 heteroatoms. The predicted octanol–water partition coefficient (Wildman–Crippen LogP) is 2.21. The lowest BCUT2D eigenvalue weighted by molar-refractivity contribution is -0.116. The van der Waals surface area contributed by atoms with E-state index in [1.54, 1.807) is 19.4 Å². The molecule has 2 aromatic rings. The number of methoxy groups -OCH3 is 1. The Labute approximate surface area is 124 Å². The number of anilines is 1. The maximum absolute atomic E-state index is 11.8. The van der Waals surface area contributed by atoms with Crippen molar-refractivity contribution in [2.45, 2.75) is 13.0 Å². The van der Waals surface area contributed by atoms with Crippen LogP contribution in [0.4, 0.5) is 5.69 Å². The molecule has 110 valence electrons. The normalized spacial score (nSPS) is 10.1. The number of rotatable bonds is 7. The van der Waals surface area contributed by atoms with Gasteiger partial charge >= 0.3 is 0 Å². The van der Waals surface area contributed by atoms with Gasteiger partial charge < -0.3 is 15.4 Å². The van der Waals surface area contributed by atoms with E-state index in [9.17, 15) is 4.79 Å². The standard InChI is InChI=1S/C16H19N3O2/c1-21-15-6-2-5-14(10-15)19-16(20)7-9-18-12-13-4-3-8-17-11-13/h2-6,8,10-11,18H,7,9,12H2,1H3,(H,19,20). The minimum absolute atomic E-state index is 0.0260. The van der Waals surface area contributed by atoms with E-state index in [0.717, 1.165) is 17.0 Å². The smallest absolute Gasteiger partial charge is 0.225 e. The van der Waals surface area contributed by atoms with Gasteiger partial charge in [0, 0.05) is 43.7 Å². The van der Waals surface area contributed by atoms with Crippen LogP contribution in [0.1, 0.15) is 12.0 Å². The van der Waals surface area contributed by atoms with Crippen LogP contribution >= 0.6 is 0 Å². The second-order valence-electron chi connectivity index (χ2n) is 4.57. The second-order valence-corrected chi connectivity index (χ2v) is 4.57. The van der Waals surface area contributed by atoms with Crippen molar-refractivity contribution in [3.05, 3.63) is 54.4 Å². The Kier molecular flexibility index (Phi) is 5.72. The maximum Gasteiger partial charge on any atom is 0.225 e. The summed E-state index contributed by atoms with van der Waals surface area (Å²) in [6.45, 7) is 1.32. The molecular formula is C16H19N3O2. The van der Waals surface area contributed by atoms with Gasteiger partial charge in [0.15, 0.2) is 0 Å². The van der Waals surface area contributed by atoms with Gasteiger partial charge in [-0.3, -0.25) is 9.78 Å². The Morgan fingerprint density at radius 2 is 2.19 bits per heavy atom. The van der Waals surface area contributed by atoms with E-state index in [0.29, 0.717) is 19.5 Å². The van der Waals surface area contributed by atoms with Crippen molar-refractivity contribution in [1.29, 1.82) is 0 Å². The van der Waals surface area contributed by atoms with Crippen LogP contribution in [-0.4, -0.2) is 24.5 Å². The van der Waals surface area contributed by atoms with Gasteiger partial charge in [0.2, 0.25) is 5.91 Å². The van der Waals surface area contributed by atoms with Crippen LogP contribution in [0.2, 0.25) is 0 Å². The Morgan fingerprint density at radius 3 is 2.95 bits per heavy atom. The number of pyridine rings is 1. The van der Waals surface area contributed by atoms with Crippen LogP contribution < -0.4 is 15.4 Å². The molecule has 0 unspecified atom stereocenters. The molecule has 0 aliphatic rings. The Bertz CT molecular complexity index is 573. The van der Waals surface area contributed by atoms with Crippen molar-refractivity contribution in [2.24, 2.45) is 0 Å². The van der Waals surface area contributed by atoms with E-state index in [-0.39, 0.29) is 5.91 Å². The van der Waals surface area contributed by atoms with Crippen molar-refractivity contribution >= 4 is 11.6 Å². The molecule has 2 N–H and O–H groups in total. The first-order chi connectivity index (χ1) is 10.3. The van der Waals surface area contributed by atoms with Crippen LogP contribution in [-0.2, 0) is 11.3 Å². The van der Waals surface area contributed by atoms with E-state index in [1.165, 1.54) is 0 Å². The summed E-state index contributed by atoms with van der Waals surface area (Å²) < 4.78 is 5.11. The van der Waals surface area contributed by atoms with Crippen LogP contribution in [0.5, 0.6) is 5.75 Å². The van der Waals surface area contributed by atoms with E-state index >= 15 is 0 Å². The Morgan fingerprint density at radius 1 is 1.29 bits per heavy atom. The molecule has 1 aromatic heterocycles. The fourth-order valence-corrected chi connectivity index (χ4v) is 1.86. The molecule has 0 aliphatic heterocycles. The molecule has 1 heterocycles. The predicted molar refractivity (Wildman–Crippen MR) is 82.2 cm³/mol. The van der Waals surface area contributed by atoms with Gasteiger partial charge in [-0.25, -0.2) is 0 Å². The minimum Gasteiger partial charge on any atom is -0.497 e. The maximum atomic E-state index is 11.8. The molecule has 1 amide bonds. The fraction of sp³-hybridized carbons (Fsp3) is 0.250. The zero-order valence-corrected chi connectivity index (χ0v) is 12.0. The van der Waals surface area contributed by atoms with E-state index < -0.39 is 0 Å². The van der Waals surface area contributed by atoms with Gasteiger partial charge in [-0.15, -0.1) is 0 Å². The highest BCUT2D eigenvalue weighted by atomic mass is 16.5. The van der Waals surface area contributed by atoms with Gasteiger partial charge in [-0.1, -0.05) is 12.1 Å². The molecule has 0 spiro atoms. The topological polar surface area (TPSA) is 63.2 Å². The number of aromatic nitrogens is 1. The molecule has 1 aromatic carbocycles. The van der Waals surface area contributed by atoms with Crippen molar-refractivity contribution < 1.29 is 9.53 Å². The largest absolute Gasteiger partial charge is 0.497 e. The first-order valence-electron chi connectivity index (χ1n) is 6.81. The lowest BCUT2D eigenvalue weighted by Gasteiger charge is -2.07. The summed E-state index contributed by atoms with van der Waals surface area (Å²) in [4.78, 5) is 15.9. The number of amides is 1. The Balaban J connectivity index is 1.70. The average Bonchev–Trinajstić information content (AvgIpc) is 2.53. The van der Waals surface area contributed by atoms with E-state index in [2.05, 4.69) is 15.6 Å². The van der Waals surface area contributed by atoms with E-state index in [4.69, 9.17) is 4.74 Å². The quantitative estimate of drug-likeness (QED) is 0.766. The molecule has 5 nitrogen and oxygen atoms in total. The summed E-state index contributed by atoms with van der Waals surface area (Å²) >= 11 is 0. The molecule has 0 fully saturated rings. The zero-order chi connectivity index (χ0) is 14.9. The fourth-order valence-electron chi connectivity index (χ4n) is 1.86. The summed E-state index contributed by atoms with van der Waals surface area (Å²) in [5, 5.41) is 6.06. The molecule has 0 radical (unpaired) electrons. The van der Waals surface area contributed by atoms with Gasteiger partial charge in [0.1, 0.15) is 5.75 Å². The monoisotopic (exact) mass is 285 g/mol. The summed E-state index contributed by atoms with van der Waals surface area (Å²) in [5.41, 5.74) is 1.84. The second kappa shape index (κ2) is 8.01. The summed E-state index contributed by atoms with van der Waals surface area (Å²) in [6.07, 6.45) is 3.96. The molecule has 2 rings (SSSR count). The molecule has 0 saturated heterocycles. The third kappa shape index (κ3) is 5.24. The number of carbonyl (C=O) groups excluding carboxylic acids is 1. The Hall–Kier alpha value is -2.40. The van der Waals surface area contributed by atoms with Crippen LogP contribution in [0.25, 0.3) is 0 Å². The summed E-state index contributed by atoms with van der Waals surface area (Å²) in [7, 11) is 1.60. The zero-order valence-electron chi connectivity index (χ0n) is 12.0. The van der Waals surface area contributed by atoms with Gasteiger partial charge in [-0.05, 0) is 23.8 Å². The van der Waals surface area contributed by atoms with Crippen molar-refractivity contribution in [3.63, 3.8) is 0 Å². The average molecular weight is 285 g/mol. The highest BCUT2D eigenvalue weighted by molar-refractivity contribution is 5.90. The van der Waals surface area contributed by atoms with Gasteiger partial charge in [0.25, 0.3) is 0 Å². The molecular weight excluding hydrogens is 266 g/mol. The third-order valence-corrected chi connectivity index (χ3v) is 2.93. The number of nitrogens with zero attached hydrogens (tertiary/aromatic N) is 1. The molecule has 0 saturated carbocycles. The van der Waals surface area contributed by atoms with Crippen LogP contribution in [0, 0.1) is 0 Å². The number of ether oxygens (including phenoxy) is 1. The molecule has 0 aliphatic carbocycles. The summed E-state index contributed by atoms with van der Waals surface area (Å²) in [6, 6.07) is 11.2. The number of carbonyl (C=O) groups is 1. The van der Waals surface area contributed by atoms with Crippen LogP contribution in [0.3, 0.4) is 0 Å². The van der Waals surface area contributed by atoms with Gasteiger partial charge in [-0.2, -0.15) is 0 Å². The van der Waals surface area contributed by atoms with Gasteiger partial charge in [0.05, 0.1) is 7.11 Å². The minimum atomic E-state index is -0.0260. The lowest BCUT2D eigenvalue weighted by atomic mass is 10.2. The van der Waals surface area contributed by atoms with Crippen molar-refractivity contribution in [3.8, 4) is 5.75 Å².